The van der Waals surface area contributed by atoms with Crippen LogP contribution in [0.2, 0.25) is 0 Å². The van der Waals surface area contributed by atoms with Crippen LogP contribution >= 0.6 is 0 Å². The minimum Gasteiger partial charge on any atom is -0.306 e. The van der Waals surface area contributed by atoms with Crippen molar-refractivity contribution in [2.75, 3.05) is 0 Å². The lowest BCUT2D eigenvalue weighted by molar-refractivity contribution is 0.280. The summed E-state index contributed by atoms with van der Waals surface area (Å²) in [6.45, 7) is 1.97. The van der Waals surface area contributed by atoms with E-state index in [4.69, 9.17) is 0 Å². The lowest BCUT2D eigenvalue weighted by atomic mass is 9.84. The van der Waals surface area contributed by atoms with E-state index in [-0.39, 0.29) is 16.6 Å². The van der Waals surface area contributed by atoms with Crippen LogP contribution in [0.5, 0.6) is 0 Å². The van der Waals surface area contributed by atoms with Gasteiger partial charge in [0.2, 0.25) is 10.0 Å². The summed E-state index contributed by atoms with van der Waals surface area (Å²) in [6.07, 6.45) is 4.93. The monoisotopic (exact) mass is 335 g/mol. The Hall–Kier alpha value is -1.60. The molecule has 2 bridgehead atoms. The molecular formula is C16H21N3O3S. The third kappa shape index (κ3) is 2.61. The van der Waals surface area contributed by atoms with Crippen molar-refractivity contribution < 1.29 is 8.42 Å². The van der Waals surface area contributed by atoms with Crippen LogP contribution in [0, 0.1) is 17.8 Å². The van der Waals surface area contributed by atoms with E-state index in [2.05, 4.69) is 14.7 Å². The average molecular weight is 335 g/mol. The number of aromatic amines is 2. The summed E-state index contributed by atoms with van der Waals surface area (Å²) in [6, 6.07) is 4.59. The van der Waals surface area contributed by atoms with Gasteiger partial charge in [-0.25, -0.2) is 17.9 Å². The van der Waals surface area contributed by atoms with Crippen molar-refractivity contribution in [2.45, 2.75) is 43.5 Å². The Balaban J connectivity index is 1.57. The average Bonchev–Trinajstić information content (AvgIpc) is 3.19. The number of hydrogen-bond donors (Lipinski definition) is 3. The summed E-state index contributed by atoms with van der Waals surface area (Å²) in [5.41, 5.74) is 0.776. The number of imidazole rings is 1. The molecule has 0 unspecified atom stereocenters. The highest BCUT2D eigenvalue weighted by molar-refractivity contribution is 7.89. The third-order valence-corrected chi connectivity index (χ3v) is 7.13. The molecule has 6 nitrogen and oxygen atoms in total. The van der Waals surface area contributed by atoms with Gasteiger partial charge in [-0.3, -0.25) is 0 Å². The zero-order valence-corrected chi connectivity index (χ0v) is 13.8. The molecule has 1 heterocycles. The van der Waals surface area contributed by atoms with Gasteiger partial charge in [-0.05, 0) is 62.1 Å². The molecule has 7 heteroatoms. The topological polar surface area (TPSA) is 94.8 Å². The molecule has 4 rings (SSSR count). The molecule has 2 fully saturated rings. The van der Waals surface area contributed by atoms with Gasteiger partial charge in [0.15, 0.2) is 0 Å². The van der Waals surface area contributed by atoms with Crippen LogP contribution in [0.25, 0.3) is 11.0 Å². The molecular weight excluding hydrogens is 314 g/mol. The molecule has 1 aromatic carbocycles. The number of aromatic nitrogens is 2. The summed E-state index contributed by atoms with van der Waals surface area (Å²) in [5.74, 6) is 1.90. The minimum atomic E-state index is -3.58. The quantitative estimate of drug-likeness (QED) is 0.797. The van der Waals surface area contributed by atoms with Gasteiger partial charge in [0, 0.05) is 6.04 Å². The molecule has 0 aliphatic heterocycles. The number of H-pyrrole nitrogens is 2. The Morgan fingerprint density at radius 1 is 1.17 bits per heavy atom. The summed E-state index contributed by atoms with van der Waals surface area (Å²) in [7, 11) is -3.58. The second-order valence-corrected chi connectivity index (χ2v) is 8.75. The normalized spacial score (nSPS) is 28.5. The smallest absolute Gasteiger partial charge is 0.306 e. The summed E-state index contributed by atoms with van der Waals surface area (Å²) in [5, 5.41) is 0. The number of nitrogens with one attached hydrogen (secondary N) is 3. The van der Waals surface area contributed by atoms with E-state index in [0.29, 0.717) is 22.9 Å². The van der Waals surface area contributed by atoms with Crippen molar-refractivity contribution in [3.63, 3.8) is 0 Å². The maximum absolute atomic E-state index is 12.6. The van der Waals surface area contributed by atoms with Gasteiger partial charge in [-0.2, -0.15) is 0 Å². The first kappa shape index (κ1) is 15.0. The molecule has 2 saturated carbocycles. The van der Waals surface area contributed by atoms with Gasteiger partial charge in [0.1, 0.15) is 0 Å². The van der Waals surface area contributed by atoms with Crippen LogP contribution < -0.4 is 10.4 Å². The molecule has 4 atom stereocenters. The molecule has 1 aromatic heterocycles. The van der Waals surface area contributed by atoms with Gasteiger partial charge in [0.25, 0.3) is 0 Å². The number of fused-ring (bicyclic) bond motifs is 3. The Labute approximate surface area is 134 Å². The van der Waals surface area contributed by atoms with E-state index in [9.17, 15) is 13.2 Å². The Morgan fingerprint density at radius 3 is 2.65 bits per heavy atom. The second-order valence-electron chi connectivity index (χ2n) is 7.04. The van der Waals surface area contributed by atoms with Crippen molar-refractivity contribution in [1.29, 1.82) is 0 Å². The Bertz CT molecular complexity index is 899. The molecule has 0 amide bonds. The fourth-order valence-electron chi connectivity index (χ4n) is 4.49. The lowest BCUT2D eigenvalue weighted by Crippen LogP contribution is -2.40. The van der Waals surface area contributed by atoms with E-state index >= 15 is 0 Å². The fourth-order valence-corrected chi connectivity index (χ4v) is 5.81. The van der Waals surface area contributed by atoms with Gasteiger partial charge >= 0.3 is 5.69 Å². The van der Waals surface area contributed by atoms with E-state index < -0.39 is 10.0 Å². The van der Waals surface area contributed by atoms with E-state index in [1.807, 2.05) is 6.92 Å². The molecule has 0 radical (unpaired) electrons. The second kappa shape index (κ2) is 5.21. The predicted molar refractivity (Wildman–Crippen MR) is 87.6 cm³/mol. The molecule has 23 heavy (non-hydrogen) atoms. The Morgan fingerprint density at radius 2 is 1.96 bits per heavy atom. The van der Waals surface area contributed by atoms with Gasteiger partial charge in [0.05, 0.1) is 15.9 Å². The highest BCUT2D eigenvalue weighted by atomic mass is 32.2. The molecule has 3 N–H and O–H groups in total. The zero-order chi connectivity index (χ0) is 16.2. The van der Waals surface area contributed by atoms with Gasteiger partial charge in [-0.1, -0.05) is 6.42 Å². The molecule has 2 aliphatic carbocycles. The summed E-state index contributed by atoms with van der Waals surface area (Å²) < 4.78 is 28.1. The van der Waals surface area contributed by atoms with Crippen molar-refractivity contribution in [3.8, 4) is 0 Å². The number of benzene rings is 1. The molecule has 0 saturated heterocycles. The van der Waals surface area contributed by atoms with E-state index in [0.717, 1.165) is 12.3 Å². The highest BCUT2D eigenvalue weighted by Crippen LogP contribution is 2.49. The van der Waals surface area contributed by atoms with Crippen LogP contribution in [-0.2, 0) is 10.0 Å². The highest BCUT2D eigenvalue weighted by Gasteiger charge is 2.42. The molecule has 2 aromatic rings. The molecule has 2 aliphatic rings. The van der Waals surface area contributed by atoms with Crippen LogP contribution in [-0.4, -0.2) is 24.4 Å². The first-order valence-corrected chi connectivity index (χ1v) is 9.65. The minimum absolute atomic E-state index is 0.0590. The van der Waals surface area contributed by atoms with Crippen molar-refractivity contribution in [2.24, 2.45) is 17.8 Å². The first-order valence-electron chi connectivity index (χ1n) is 8.17. The first-order chi connectivity index (χ1) is 10.9. The Kier molecular flexibility index (Phi) is 3.39. The largest absolute Gasteiger partial charge is 0.323 e. The van der Waals surface area contributed by atoms with Crippen LogP contribution in [0.15, 0.2) is 27.9 Å². The number of sulfonamides is 1. The molecule has 124 valence electrons. The molecule has 0 spiro atoms. The number of rotatable bonds is 4. The van der Waals surface area contributed by atoms with Crippen molar-refractivity contribution in [3.05, 3.63) is 28.7 Å². The summed E-state index contributed by atoms with van der Waals surface area (Å²) >= 11 is 0. The predicted octanol–water partition coefficient (Wildman–Crippen LogP) is 1.96. The third-order valence-electron chi connectivity index (χ3n) is 5.57. The van der Waals surface area contributed by atoms with Gasteiger partial charge in [-0.15, -0.1) is 0 Å². The SMILES string of the molecule is C[C@H](NS(=O)(=O)c1ccc2[nH]c(=O)[nH]c2c1)[C@@H]1C[C@@H]2CC[C@@H]1C2. The van der Waals surface area contributed by atoms with Crippen LogP contribution in [0.3, 0.4) is 0 Å². The standard InChI is InChI=1S/C16H21N3O3S/c1-9(13-7-10-2-3-11(13)6-10)19-23(21,22)12-4-5-14-15(8-12)18-16(20)17-14/h4-5,8-11,13,19H,2-3,6-7H2,1H3,(H2,17,18,20)/t9-,10+,11+,13-/m0/s1. The lowest BCUT2D eigenvalue weighted by Gasteiger charge is -2.28. The maximum atomic E-state index is 12.6. The summed E-state index contributed by atoms with van der Waals surface area (Å²) in [4.78, 5) is 16.7. The number of hydrogen-bond acceptors (Lipinski definition) is 3. The fraction of sp³-hybridized carbons (Fsp3) is 0.562. The zero-order valence-electron chi connectivity index (χ0n) is 13.0. The maximum Gasteiger partial charge on any atom is 0.323 e. The van der Waals surface area contributed by atoms with Crippen LogP contribution in [0.1, 0.15) is 32.6 Å². The van der Waals surface area contributed by atoms with Gasteiger partial charge < -0.3 is 9.97 Å². The van der Waals surface area contributed by atoms with E-state index in [1.165, 1.54) is 31.4 Å². The van der Waals surface area contributed by atoms with Crippen molar-refractivity contribution in [1.82, 2.24) is 14.7 Å². The van der Waals surface area contributed by atoms with E-state index in [1.54, 1.807) is 6.07 Å². The van der Waals surface area contributed by atoms with Crippen molar-refractivity contribution >= 4 is 21.1 Å². The van der Waals surface area contributed by atoms with Crippen LogP contribution in [0.4, 0.5) is 0 Å².